The number of nitrogens with two attached hydrogens (primary N) is 1. The lowest BCUT2D eigenvalue weighted by atomic mass is 10.1. The SMILES string of the molecule is COc1cc(Cc2c(N)ncnc2Cl)cc(OC)c1OC. The van der Waals surface area contributed by atoms with Crippen LogP contribution in [0.15, 0.2) is 18.5 Å². The van der Waals surface area contributed by atoms with Crippen molar-refractivity contribution in [2.75, 3.05) is 27.1 Å². The minimum atomic E-state index is 0.330. The van der Waals surface area contributed by atoms with E-state index in [0.29, 0.717) is 40.2 Å². The number of hydrogen-bond acceptors (Lipinski definition) is 6. The summed E-state index contributed by atoms with van der Waals surface area (Å²) in [5, 5.41) is 0.330. The molecule has 0 aliphatic heterocycles. The van der Waals surface area contributed by atoms with Crippen molar-refractivity contribution in [3.63, 3.8) is 0 Å². The maximum Gasteiger partial charge on any atom is 0.203 e. The monoisotopic (exact) mass is 309 g/mol. The fourth-order valence-electron chi connectivity index (χ4n) is 2.01. The van der Waals surface area contributed by atoms with Crippen LogP contribution in [0.25, 0.3) is 0 Å². The molecule has 112 valence electrons. The van der Waals surface area contributed by atoms with E-state index in [1.807, 2.05) is 12.1 Å². The van der Waals surface area contributed by atoms with E-state index >= 15 is 0 Å². The van der Waals surface area contributed by atoms with E-state index in [1.165, 1.54) is 6.33 Å². The number of nitrogen functional groups attached to an aromatic ring is 1. The second kappa shape index (κ2) is 6.49. The van der Waals surface area contributed by atoms with Crippen molar-refractivity contribution in [2.45, 2.75) is 6.42 Å². The standard InChI is InChI=1S/C14H16ClN3O3/c1-19-10-5-8(6-11(20-2)12(10)21-3)4-9-13(15)17-7-18-14(9)16/h5-7H,4H2,1-3H3,(H2,16,17,18). The third-order valence-electron chi connectivity index (χ3n) is 3.03. The van der Waals surface area contributed by atoms with Crippen molar-refractivity contribution in [2.24, 2.45) is 0 Å². The predicted molar refractivity (Wildman–Crippen MR) is 80.4 cm³/mol. The minimum Gasteiger partial charge on any atom is -0.493 e. The van der Waals surface area contributed by atoms with Crippen LogP contribution >= 0.6 is 11.6 Å². The highest BCUT2D eigenvalue weighted by Gasteiger charge is 2.15. The van der Waals surface area contributed by atoms with Gasteiger partial charge in [-0.15, -0.1) is 0 Å². The minimum absolute atomic E-state index is 0.330. The zero-order chi connectivity index (χ0) is 15.4. The number of methoxy groups -OCH3 is 3. The number of nitrogens with zero attached hydrogens (tertiary/aromatic N) is 2. The Labute approximate surface area is 127 Å². The molecule has 0 aliphatic carbocycles. The maximum absolute atomic E-state index is 6.07. The van der Waals surface area contributed by atoms with Crippen LogP contribution in [-0.2, 0) is 6.42 Å². The highest BCUT2D eigenvalue weighted by molar-refractivity contribution is 6.30. The molecule has 0 atom stereocenters. The van der Waals surface area contributed by atoms with Crippen molar-refractivity contribution in [3.8, 4) is 17.2 Å². The molecule has 0 fully saturated rings. The van der Waals surface area contributed by atoms with Gasteiger partial charge in [0.25, 0.3) is 0 Å². The molecule has 1 aromatic heterocycles. The van der Waals surface area contributed by atoms with Crippen molar-refractivity contribution in [1.82, 2.24) is 9.97 Å². The van der Waals surface area contributed by atoms with Crippen LogP contribution in [0.3, 0.4) is 0 Å². The number of anilines is 1. The third-order valence-corrected chi connectivity index (χ3v) is 3.36. The lowest BCUT2D eigenvalue weighted by Gasteiger charge is -2.14. The number of hydrogen-bond donors (Lipinski definition) is 1. The topological polar surface area (TPSA) is 79.5 Å². The summed E-state index contributed by atoms with van der Waals surface area (Å²) in [6.07, 6.45) is 1.79. The molecule has 0 amide bonds. The van der Waals surface area contributed by atoms with E-state index in [-0.39, 0.29) is 0 Å². The molecule has 1 heterocycles. The van der Waals surface area contributed by atoms with E-state index < -0.39 is 0 Å². The Morgan fingerprint density at radius 1 is 1.05 bits per heavy atom. The molecule has 0 saturated heterocycles. The zero-order valence-electron chi connectivity index (χ0n) is 12.0. The summed E-state index contributed by atoms with van der Waals surface area (Å²) in [4.78, 5) is 7.89. The first kappa shape index (κ1) is 15.2. The van der Waals surface area contributed by atoms with E-state index in [4.69, 9.17) is 31.5 Å². The summed E-state index contributed by atoms with van der Waals surface area (Å²) in [5.74, 6) is 2.02. The molecule has 0 spiro atoms. The Bertz CT molecular complexity index is 604. The van der Waals surface area contributed by atoms with Crippen molar-refractivity contribution < 1.29 is 14.2 Å². The van der Waals surface area contributed by atoms with Crippen molar-refractivity contribution in [3.05, 3.63) is 34.7 Å². The van der Waals surface area contributed by atoms with Gasteiger partial charge >= 0.3 is 0 Å². The lowest BCUT2D eigenvalue weighted by Crippen LogP contribution is -2.02. The number of aromatic nitrogens is 2. The fourth-order valence-corrected chi connectivity index (χ4v) is 2.22. The van der Waals surface area contributed by atoms with Gasteiger partial charge in [-0.3, -0.25) is 0 Å². The summed E-state index contributed by atoms with van der Waals surface area (Å²) in [5.41, 5.74) is 7.40. The second-order valence-corrected chi connectivity index (χ2v) is 4.60. The van der Waals surface area contributed by atoms with E-state index in [1.54, 1.807) is 21.3 Å². The van der Waals surface area contributed by atoms with Crippen LogP contribution in [-0.4, -0.2) is 31.3 Å². The van der Waals surface area contributed by atoms with Gasteiger partial charge in [-0.05, 0) is 17.7 Å². The molecule has 2 aromatic rings. The largest absolute Gasteiger partial charge is 0.493 e. The highest BCUT2D eigenvalue weighted by atomic mass is 35.5. The zero-order valence-corrected chi connectivity index (χ0v) is 12.8. The van der Waals surface area contributed by atoms with E-state index in [2.05, 4.69) is 9.97 Å². The predicted octanol–water partition coefficient (Wildman–Crippen LogP) is 2.33. The first-order valence-electron chi connectivity index (χ1n) is 6.14. The summed E-state index contributed by atoms with van der Waals surface area (Å²) in [6, 6.07) is 3.67. The quantitative estimate of drug-likeness (QED) is 0.854. The Morgan fingerprint density at radius 3 is 2.14 bits per heavy atom. The average Bonchev–Trinajstić information content (AvgIpc) is 2.49. The smallest absolute Gasteiger partial charge is 0.203 e. The van der Waals surface area contributed by atoms with E-state index in [0.717, 1.165) is 5.56 Å². The van der Waals surface area contributed by atoms with Crippen LogP contribution in [0.2, 0.25) is 5.15 Å². The molecule has 0 bridgehead atoms. The van der Waals surface area contributed by atoms with Gasteiger partial charge in [0.05, 0.1) is 21.3 Å². The van der Waals surface area contributed by atoms with Gasteiger partial charge in [0.2, 0.25) is 5.75 Å². The van der Waals surface area contributed by atoms with Gasteiger partial charge in [-0.25, -0.2) is 9.97 Å². The van der Waals surface area contributed by atoms with Gasteiger partial charge < -0.3 is 19.9 Å². The van der Waals surface area contributed by atoms with Crippen LogP contribution in [0.5, 0.6) is 17.2 Å². The Hall–Kier alpha value is -2.21. The molecule has 0 radical (unpaired) electrons. The molecule has 2 rings (SSSR count). The molecule has 2 N–H and O–H groups in total. The number of benzene rings is 1. The van der Waals surface area contributed by atoms with Gasteiger partial charge in [0.15, 0.2) is 11.5 Å². The van der Waals surface area contributed by atoms with Gasteiger partial charge in [0.1, 0.15) is 17.3 Å². The van der Waals surface area contributed by atoms with Gasteiger partial charge in [-0.1, -0.05) is 11.6 Å². The molecule has 6 nitrogen and oxygen atoms in total. The maximum atomic E-state index is 6.07. The summed E-state index contributed by atoms with van der Waals surface area (Å²) in [7, 11) is 4.68. The molecule has 7 heteroatoms. The fraction of sp³-hybridized carbons (Fsp3) is 0.286. The van der Waals surface area contributed by atoms with Gasteiger partial charge in [0, 0.05) is 12.0 Å². The normalized spacial score (nSPS) is 10.3. The molecular formula is C14H16ClN3O3. The molecule has 1 aromatic carbocycles. The molecule has 0 unspecified atom stereocenters. The Kier molecular flexibility index (Phi) is 4.70. The van der Waals surface area contributed by atoms with Crippen LogP contribution < -0.4 is 19.9 Å². The first-order valence-corrected chi connectivity index (χ1v) is 6.52. The van der Waals surface area contributed by atoms with Crippen LogP contribution in [0, 0.1) is 0 Å². The molecular weight excluding hydrogens is 294 g/mol. The molecule has 0 saturated carbocycles. The number of ether oxygens (including phenoxy) is 3. The van der Waals surface area contributed by atoms with Crippen molar-refractivity contribution >= 4 is 17.4 Å². The number of rotatable bonds is 5. The summed E-state index contributed by atoms with van der Waals surface area (Å²) >= 11 is 6.07. The lowest BCUT2D eigenvalue weighted by molar-refractivity contribution is 0.324. The Balaban J connectivity index is 2.45. The molecule has 21 heavy (non-hydrogen) atoms. The van der Waals surface area contributed by atoms with Crippen molar-refractivity contribution in [1.29, 1.82) is 0 Å². The van der Waals surface area contributed by atoms with Crippen LogP contribution in [0.4, 0.5) is 5.82 Å². The van der Waals surface area contributed by atoms with E-state index in [9.17, 15) is 0 Å². The third kappa shape index (κ3) is 3.11. The number of halogens is 1. The molecule has 0 aliphatic rings. The Morgan fingerprint density at radius 2 is 1.67 bits per heavy atom. The second-order valence-electron chi connectivity index (χ2n) is 4.24. The van der Waals surface area contributed by atoms with Gasteiger partial charge in [-0.2, -0.15) is 0 Å². The first-order chi connectivity index (χ1) is 10.1. The van der Waals surface area contributed by atoms with Crippen LogP contribution in [0.1, 0.15) is 11.1 Å². The average molecular weight is 310 g/mol. The summed E-state index contributed by atoms with van der Waals surface area (Å²) in [6.45, 7) is 0. The highest BCUT2D eigenvalue weighted by Crippen LogP contribution is 2.39. The summed E-state index contributed by atoms with van der Waals surface area (Å²) < 4.78 is 15.9.